The minimum atomic E-state index is -0.212. The molecule has 5 nitrogen and oxygen atoms in total. The van der Waals surface area contributed by atoms with E-state index in [-0.39, 0.29) is 17.1 Å². The first kappa shape index (κ1) is 23.4. The third-order valence-electron chi connectivity index (χ3n) is 8.48. The van der Waals surface area contributed by atoms with Gasteiger partial charge in [-0.2, -0.15) is 0 Å². The van der Waals surface area contributed by atoms with Crippen molar-refractivity contribution >= 4 is 6.03 Å². The van der Waals surface area contributed by atoms with Crippen LogP contribution in [0.15, 0.2) is 48.5 Å². The molecule has 4 aliphatic rings. The zero-order valence-corrected chi connectivity index (χ0v) is 20.7. The molecule has 2 aromatic rings. The third-order valence-corrected chi connectivity index (χ3v) is 8.48. The number of piperidine rings is 1. The number of hydrogen-bond acceptors (Lipinski definition) is 3. The van der Waals surface area contributed by atoms with Crippen LogP contribution >= 0.6 is 0 Å². The predicted octanol–water partition coefficient (Wildman–Crippen LogP) is 5.10. The highest BCUT2D eigenvalue weighted by Crippen LogP contribution is 2.46. The minimum Gasteiger partial charge on any atom is -0.385 e. The van der Waals surface area contributed by atoms with Gasteiger partial charge in [0.2, 0.25) is 0 Å². The second-order valence-corrected chi connectivity index (χ2v) is 10.8. The number of carbonyl (C=O) groups is 1. The van der Waals surface area contributed by atoms with E-state index in [2.05, 4.69) is 71.0 Å². The molecule has 3 aliphatic heterocycles. The molecule has 1 atom stereocenters. The van der Waals surface area contributed by atoms with E-state index in [9.17, 15) is 4.79 Å². The lowest BCUT2D eigenvalue weighted by Crippen LogP contribution is -2.56. The van der Waals surface area contributed by atoms with Crippen molar-refractivity contribution in [1.82, 2.24) is 15.5 Å². The van der Waals surface area contributed by atoms with Crippen LogP contribution in [0.1, 0.15) is 56.6 Å². The van der Waals surface area contributed by atoms with E-state index < -0.39 is 0 Å². The minimum absolute atomic E-state index is 0.00603. The number of hydrogen-bond donors (Lipinski definition) is 2. The molecule has 0 radical (unpaired) electrons. The van der Waals surface area contributed by atoms with E-state index in [1.54, 1.807) is 7.11 Å². The number of ether oxygens (including phenoxy) is 1. The average molecular weight is 462 g/mol. The summed E-state index contributed by atoms with van der Waals surface area (Å²) in [6, 6.07) is 17.6. The van der Waals surface area contributed by atoms with Crippen molar-refractivity contribution in [2.45, 2.75) is 62.9 Å². The van der Waals surface area contributed by atoms with Crippen molar-refractivity contribution in [3.8, 4) is 11.1 Å². The Morgan fingerprint density at radius 1 is 0.941 bits per heavy atom. The van der Waals surface area contributed by atoms with Gasteiger partial charge in [-0.05, 0) is 93.1 Å². The SMILES string of the molecule is COCCCc1ccc(-c2ccc(C3(NC(=O)NC4(C)CCN5CCC4CC5)CC3)cc2)cc1. The van der Waals surface area contributed by atoms with Gasteiger partial charge in [0.1, 0.15) is 0 Å². The Hall–Kier alpha value is -2.37. The van der Waals surface area contributed by atoms with E-state index in [4.69, 9.17) is 4.74 Å². The average Bonchev–Trinajstić information content (AvgIpc) is 3.67. The van der Waals surface area contributed by atoms with Crippen LogP contribution in [-0.2, 0) is 16.7 Å². The number of nitrogens with zero attached hydrogens (tertiary/aromatic N) is 1. The van der Waals surface area contributed by atoms with Crippen molar-refractivity contribution in [3.63, 3.8) is 0 Å². The third kappa shape index (κ3) is 5.01. The van der Waals surface area contributed by atoms with Crippen molar-refractivity contribution in [1.29, 1.82) is 0 Å². The Balaban J connectivity index is 1.21. The lowest BCUT2D eigenvalue weighted by molar-refractivity contribution is 0.173. The fraction of sp³-hybridized carbons (Fsp3) is 0.552. The fourth-order valence-electron chi connectivity index (χ4n) is 5.94. The van der Waals surface area contributed by atoms with Gasteiger partial charge in [0, 0.05) is 25.8 Å². The summed E-state index contributed by atoms with van der Waals surface area (Å²) < 4.78 is 5.15. The normalized spacial score (nSPS) is 27.1. The van der Waals surface area contributed by atoms with Crippen LogP contribution in [0.2, 0.25) is 0 Å². The Kier molecular flexibility index (Phi) is 6.67. The fourth-order valence-corrected chi connectivity index (χ4v) is 5.94. The maximum absolute atomic E-state index is 13.1. The first-order valence-corrected chi connectivity index (χ1v) is 13.0. The van der Waals surface area contributed by atoms with Gasteiger partial charge < -0.3 is 20.3 Å². The Morgan fingerprint density at radius 3 is 2.21 bits per heavy atom. The summed E-state index contributed by atoms with van der Waals surface area (Å²) in [7, 11) is 1.75. The highest BCUT2D eigenvalue weighted by Gasteiger charge is 2.47. The number of nitrogens with one attached hydrogen (secondary N) is 2. The van der Waals surface area contributed by atoms with E-state index in [1.165, 1.54) is 48.2 Å². The molecule has 1 aliphatic carbocycles. The van der Waals surface area contributed by atoms with Crippen LogP contribution in [-0.4, -0.2) is 49.8 Å². The van der Waals surface area contributed by atoms with E-state index in [1.807, 2.05) is 0 Å². The molecule has 2 aromatic carbocycles. The van der Waals surface area contributed by atoms with Gasteiger partial charge in [0.05, 0.1) is 5.54 Å². The van der Waals surface area contributed by atoms with Crippen LogP contribution in [0.5, 0.6) is 0 Å². The zero-order valence-electron chi connectivity index (χ0n) is 20.7. The molecular weight excluding hydrogens is 422 g/mol. The number of urea groups is 1. The molecule has 3 heterocycles. The molecule has 2 bridgehead atoms. The molecule has 1 saturated carbocycles. The van der Waals surface area contributed by atoms with Gasteiger partial charge in [-0.1, -0.05) is 48.5 Å². The van der Waals surface area contributed by atoms with Gasteiger partial charge in [-0.15, -0.1) is 0 Å². The van der Waals surface area contributed by atoms with Crippen LogP contribution < -0.4 is 10.6 Å². The first-order chi connectivity index (χ1) is 16.5. The van der Waals surface area contributed by atoms with Crippen molar-refractivity contribution in [2.75, 3.05) is 33.4 Å². The van der Waals surface area contributed by atoms with Crippen molar-refractivity contribution in [2.24, 2.45) is 5.92 Å². The molecule has 5 heteroatoms. The monoisotopic (exact) mass is 461 g/mol. The Bertz CT molecular complexity index is 975. The van der Waals surface area contributed by atoms with Gasteiger partial charge >= 0.3 is 6.03 Å². The van der Waals surface area contributed by atoms with Crippen LogP contribution in [0.4, 0.5) is 4.79 Å². The molecule has 34 heavy (non-hydrogen) atoms. The number of aryl methyl sites for hydroxylation is 1. The van der Waals surface area contributed by atoms with E-state index in [0.717, 1.165) is 45.3 Å². The largest absolute Gasteiger partial charge is 0.385 e. The lowest BCUT2D eigenvalue weighted by atomic mass is 9.79. The van der Waals surface area contributed by atoms with Gasteiger partial charge in [0.15, 0.2) is 0 Å². The summed E-state index contributed by atoms with van der Waals surface area (Å²) in [6.07, 6.45) is 7.52. The molecule has 3 saturated heterocycles. The number of methoxy groups -OCH3 is 1. The lowest BCUT2D eigenvalue weighted by Gasteiger charge is -2.38. The van der Waals surface area contributed by atoms with Crippen molar-refractivity contribution in [3.05, 3.63) is 59.7 Å². The summed E-state index contributed by atoms with van der Waals surface area (Å²) in [6.45, 7) is 6.50. The number of fused-ring (bicyclic) bond motifs is 4. The topological polar surface area (TPSA) is 53.6 Å². The summed E-state index contributed by atoms with van der Waals surface area (Å²) in [5, 5.41) is 6.76. The van der Waals surface area contributed by atoms with Gasteiger partial charge in [-0.25, -0.2) is 4.79 Å². The summed E-state index contributed by atoms with van der Waals surface area (Å²) in [4.78, 5) is 15.6. The molecule has 182 valence electrons. The van der Waals surface area contributed by atoms with Crippen molar-refractivity contribution < 1.29 is 9.53 Å². The smallest absolute Gasteiger partial charge is 0.315 e. The Morgan fingerprint density at radius 2 is 1.59 bits per heavy atom. The molecule has 4 fully saturated rings. The number of carbonyl (C=O) groups excluding carboxylic acids is 1. The van der Waals surface area contributed by atoms with Crippen LogP contribution in [0.3, 0.4) is 0 Å². The molecule has 2 N–H and O–H groups in total. The molecular formula is C29H39N3O2. The summed E-state index contributed by atoms with van der Waals surface area (Å²) in [5.74, 6) is 0.581. The molecule has 6 rings (SSSR count). The zero-order chi connectivity index (χ0) is 23.6. The molecule has 0 aromatic heterocycles. The second kappa shape index (κ2) is 9.71. The quantitative estimate of drug-likeness (QED) is 0.538. The second-order valence-electron chi connectivity index (χ2n) is 10.8. The standard InChI is InChI=1S/C29H39N3O2/c1-28(17-20-32-18-13-25(28)14-19-32)30-27(33)31-29(15-16-29)26-11-9-24(10-12-26)23-7-5-22(6-8-23)4-3-21-34-2/h5-12,25H,3-4,13-21H2,1-2H3,(H2,30,31,33). The highest BCUT2D eigenvalue weighted by molar-refractivity contribution is 5.77. The molecule has 1 unspecified atom stereocenters. The van der Waals surface area contributed by atoms with Crippen LogP contribution in [0, 0.1) is 5.92 Å². The number of benzene rings is 2. The van der Waals surface area contributed by atoms with E-state index >= 15 is 0 Å². The number of amides is 2. The summed E-state index contributed by atoms with van der Waals surface area (Å²) >= 11 is 0. The van der Waals surface area contributed by atoms with Crippen LogP contribution in [0.25, 0.3) is 11.1 Å². The summed E-state index contributed by atoms with van der Waals surface area (Å²) in [5.41, 5.74) is 4.67. The maximum atomic E-state index is 13.1. The van der Waals surface area contributed by atoms with Gasteiger partial charge in [-0.3, -0.25) is 0 Å². The molecule has 0 spiro atoms. The first-order valence-electron chi connectivity index (χ1n) is 13.0. The Labute approximate surface area is 204 Å². The highest BCUT2D eigenvalue weighted by atomic mass is 16.5. The molecule has 2 amide bonds. The van der Waals surface area contributed by atoms with Gasteiger partial charge in [0.25, 0.3) is 0 Å². The number of rotatable bonds is 8. The van der Waals surface area contributed by atoms with E-state index in [0.29, 0.717) is 5.92 Å². The predicted molar refractivity (Wildman–Crippen MR) is 137 cm³/mol. The maximum Gasteiger partial charge on any atom is 0.315 e.